The average molecular weight is 467 g/mol. The molecule has 1 N–H and O–H groups in total. The molecule has 8 nitrogen and oxygen atoms in total. The Balaban J connectivity index is 1.58. The van der Waals surface area contributed by atoms with Gasteiger partial charge in [-0.15, -0.1) is 0 Å². The number of pyridine rings is 1. The maximum atomic E-state index is 13.0. The van der Waals surface area contributed by atoms with E-state index >= 15 is 0 Å². The highest BCUT2D eigenvalue weighted by Crippen LogP contribution is 2.42. The molecule has 1 fully saturated rings. The lowest BCUT2D eigenvalue weighted by Crippen LogP contribution is -2.49. The summed E-state index contributed by atoms with van der Waals surface area (Å²) in [5.41, 5.74) is 2.55. The van der Waals surface area contributed by atoms with Crippen LogP contribution in [0.5, 0.6) is 0 Å². The number of carbonyl (C=O) groups excluding carboxylic acids is 1. The number of fused-ring (bicyclic) bond motifs is 1. The number of hydrogen-bond donors (Lipinski definition) is 1. The van der Waals surface area contributed by atoms with Gasteiger partial charge in [0.1, 0.15) is 6.04 Å². The van der Waals surface area contributed by atoms with Crippen LogP contribution in [0.15, 0.2) is 35.6 Å². The van der Waals surface area contributed by atoms with Gasteiger partial charge in [0.2, 0.25) is 5.91 Å². The fraction of sp³-hybridized carbons (Fsp3) is 0.615. The molecule has 8 heteroatoms. The average Bonchev–Trinajstić information content (AvgIpc) is 3.37. The Kier molecular flexibility index (Phi) is 6.21. The third kappa shape index (κ3) is 4.68. The molecule has 3 atom stereocenters. The summed E-state index contributed by atoms with van der Waals surface area (Å²) in [5, 5.41) is 3.31. The second-order valence-electron chi connectivity index (χ2n) is 11.8. The third-order valence-corrected chi connectivity index (χ3v) is 7.32. The standard InChI is InChI=1S/C26H38N6O2/c1-17(31-13-12-27-16-31)23(33)29-21-14-18(10-11-26(21,5)6)19-8-9-20-22(28-19)30(7)24(34)32(20)15-25(2,3)4/h8-9,12-13,16-18,21H,10-11,14-15H2,1-7H3,(H,29,33). The summed E-state index contributed by atoms with van der Waals surface area (Å²) < 4.78 is 5.31. The molecule has 184 valence electrons. The van der Waals surface area contributed by atoms with Crippen molar-refractivity contribution in [3.63, 3.8) is 0 Å². The Morgan fingerprint density at radius 3 is 2.68 bits per heavy atom. The summed E-state index contributed by atoms with van der Waals surface area (Å²) in [7, 11) is 1.80. The first kappa shape index (κ1) is 24.2. The van der Waals surface area contributed by atoms with Crippen molar-refractivity contribution in [2.75, 3.05) is 0 Å². The van der Waals surface area contributed by atoms with E-state index in [-0.39, 0.29) is 40.4 Å². The summed E-state index contributed by atoms with van der Waals surface area (Å²) in [4.78, 5) is 34.9. The number of aryl methyl sites for hydroxylation is 1. The molecule has 3 aromatic heterocycles. The normalized spacial score (nSPS) is 21.5. The maximum Gasteiger partial charge on any atom is 0.330 e. The predicted octanol–water partition coefficient (Wildman–Crippen LogP) is 4.02. The minimum Gasteiger partial charge on any atom is -0.351 e. The molecule has 3 unspecified atom stereocenters. The lowest BCUT2D eigenvalue weighted by Gasteiger charge is -2.42. The molecule has 0 aromatic carbocycles. The molecule has 34 heavy (non-hydrogen) atoms. The SMILES string of the molecule is CC(C(=O)NC1CC(c2ccc3c(n2)n(C)c(=O)n3CC(C)(C)C)CCC1(C)C)n1ccnc1. The summed E-state index contributed by atoms with van der Waals surface area (Å²) in [5.74, 6) is 0.231. The Hall–Kier alpha value is -2.90. The van der Waals surface area contributed by atoms with E-state index in [4.69, 9.17) is 4.98 Å². The van der Waals surface area contributed by atoms with Crippen LogP contribution in [0.4, 0.5) is 0 Å². The Morgan fingerprint density at radius 1 is 1.29 bits per heavy atom. The van der Waals surface area contributed by atoms with Crippen LogP contribution in [0, 0.1) is 10.8 Å². The van der Waals surface area contributed by atoms with E-state index in [1.807, 2.05) is 28.3 Å². The van der Waals surface area contributed by atoms with E-state index in [0.717, 1.165) is 36.1 Å². The van der Waals surface area contributed by atoms with E-state index in [9.17, 15) is 9.59 Å². The smallest absolute Gasteiger partial charge is 0.330 e. The highest BCUT2D eigenvalue weighted by Gasteiger charge is 2.39. The van der Waals surface area contributed by atoms with Gasteiger partial charge in [-0.05, 0) is 49.1 Å². The molecule has 0 radical (unpaired) electrons. The zero-order valence-corrected chi connectivity index (χ0v) is 21.5. The number of aromatic nitrogens is 5. The first-order valence-electron chi connectivity index (χ1n) is 12.2. The molecule has 1 amide bonds. The molecule has 3 heterocycles. The van der Waals surface area contributed by atoms with E-state index in [2.05, 4.69) is 51.0 Å². The van der Waals surface area contributed by atoms with Crippen molar-refractivity contribution < 1.29 is 4.79 Å². The lowest BCUT2D eigenvalue weighted by atomic mass is 9.68. The van der Waals surface area contributed by atoms with Crippen molar-refractivity contribution in [3.8, 4) is 0 Å². The largest absolute Gasteiger partial charge is 0.351 e. The van der Waals surface area contributed by atoms with Crippen LogP contribution in [0.2, 0.25) is 0 Å². The van der Waals surface area contributed by atoms with Gasteiger partial charge in [0.25, 0.3) is 0 Å². The van der Waals surface area contributed by atoms with Crippen molar-refractivity contribution in [2.45, 2.75) is 85.4 Å². The van der Waals surface area contributed by atoms with Crippen LogP contribution in [-0.2, 0) is 18.4 Å². The summed E-state index contributed by atoms with van der Waals surface area (Å²) in [6.07, 6.45) is 8.00. The first-order chi connectivity index (χ1) is 15.9. The van der Waals surface area contributed by atoms with Crippen LogP contribution >= 0.6 is 0 Å². The summed E-state index contributed by atoms with van der Waals surface area (Å²) in [6, 6.07) is 3.83. The van der Waals surface area contributed by atoms with Gasteiger partial charge in [-0.25, -0.2) is 14.8 Å². The van der Waals surface area contributed by atoms with Crippen molar-refractivity contribution in [1.82, 2.24) is 29.0 Å². The minimum absolute atomic E-state index is 0.00166. The number of nitrogens with zero attached hydrogens (tertiary/aromatic N) is 5. The van der Waals surface area contributed by atoms with Gasteiger partial charge in [-0.1, -0.05) is 34.6 Å². The summed E-state index contributed by atoms with van der Waals surface area (Å²) >= 11 is 0. The van der Waals surface area contributed by atoms with Crippen LogP contribution in [0.3, 0.4) is 0 Å². The number of hydrogen-bond acceptors (Lipinski definition) is 4. The van der Waals surface area contributed by atoms with Crippen molar-refractivity contribution in [3.05, 3.63) is 47.0 Å². The maximum absolute atomic E-state index is 13.0. The van der Waals surface area contributed by atoms with E-state index in [0.29, 0.717) is 6.54 Å². The third-order valence-electron chi connectivity index (χ3n) is 7.32. The number of amides is 1. The molecule has 0 saturated heterocycles. The lowest BCUT2D eigenvalue weighted by molar-refractivity contribution is -0.125. The number of carbonyl (C=O) groups is 1. The van der Waals surface area contributed by atoms with Gasteiger partial charge < -0.3 is 9.88 Å². The molecular formula is C26H38N6O2. The fourth-order valence-electron chi connectivity index (χ4n) is 5.03. The second kappa shape index (κ2) is 8.71. The van der Waals surface area contributed by atoms with E-state index in [1.54, 1.807) is 24.1 Å². The van der Waals surface area contributed by atoms with Gasteiger partial charge >= 0.3 is 5.69 Å². The van der Waals surface area contributed by atoms with Crippen molar-refractivity contribution >= 4 is 17.1 Å². The Bertz CT molecular complexity index is 1230. The van der Waals surface area contributed by atoms with Crippen molar-refractivity contribution in [2.24, 2.45) is 17.9 Å². The van der Waals surface area contributed by atoms with Gasteiger partial charge in [-0.3, -0.25) is 13.9 Å². The second-order valence-corrected chi connectivity index (χ2v) is 11.8. The molecule has 0 bridgehead atoms. The van der Waals surface area contributed by atoms with Crippen LogP contribution in [0.25, 0.3) is 11.2 Å². The first-order valence-corrected chi connectivity index (χ1v) is 12.2. The van der Waals surface area contributed by atoms with Crippen LogP contribution in [-0.4, -0.2) is 35.6 Å². The van der Waals surface area contributed by atoms with Crippen LogP contribution < -0.4 is 11.0 Å². The number of nitrogens with one attached hydrogen (secondary N) is 1. The van der Waals surface area contributed by atoms with Gasteiger partial charge in [0.15, 0.2) is 5.65 Å². The Morgan fingerprint density at radius 2 is 2.03 bits per heavy atom. The van der Waals surface area contributed by atoms with Crippen molar-refractivity contribution in [1.29, 1.82) is 0 Å². The van der Waals surface area contributed by atoms with E-state index in [1.165, 1.54) is 0 Å². The molecule has 0 spiro atoms. The molecule has 3 aromatic rings. The molecule has 1 aliphatic carbocycles. The highest BCUT2D eigenvalue weighted by atomic mass is 16.2. The number of rotatable bonds is 5. The highest BCUT2D eigenvalue weighted by molar-refractivity contribution is 5.80. The molecule has 1 aliphatic rings. The summed E-state index contributed by atoms with van der Waals surface area (Å²) in [6.45, 7) is 13.4. The topological polar surface area (TPSA) is 86.7 Å². The molecule has 4 rings (SSSR count). The Labute approximate surface area is 201 Å². The monoisotopic (exact) mass is 466 g/mol. The molecule has 1 saturated carbocycles. The number of imidazole rings is 2. The van der Waals surface area contributed by atoms with Gasteiger partial charge in [0, 0.05) is 43.6 Å². The van der Waals surface area contributed by atoms with Gasteiger partial charge in [0.05, 0.1) is 11.8 Å². The quantitative estimate of drug-likeness (QED) is 0.615. The zero-order chi connectivity index (χ0) is 24.8. The molecule has 0 aliphatic heterocycles. The fourth-order valence-corrected chi connectivity index (χ4v) is 5.03. The predicted molar refractivity (Wildman–Crippen MR) is 134 cm³/mol. The van der Waals surface area contributed by atoms with Gasteiger partial charge in [-0.2, -0.15) is 0 Å². The minimum atomic E-state index is -0.315. The zero-order valence-electron chi connectivity index (χ0n) is 21.5. The van der Waals surface area contributed by atoms with E-state index < -0.39 is 0 Å². The van der Waals surface area contributed by atoms with Crippen LogP contribution in [0.1, 0.15) is 78.5 Å². The molecular weight excluding hydrogens is 428 g/mol.